The number of hydrazone groups is 1. The number of amides is 1. The largest absolute Gasteiger partial charge is 0.484 e. The first-order chi connectivity index (χ1) is 14.4. The maximum atomic E-state index is 12.5. The molecule has 0 unspecified atom stereocenters. The Morgan fingerprint density at radius 3 is 2.60 bits per heavy atom. The number of rotatable bonds is 8. The normalized spacial score (nSPS) is 11.6. The average molecular weight is 425 g/mol. The molecule has 0 bridgehead atoms. The summed E-state index contributed by atoms with van der Waals surface area (Å²) in [7, 11) is 0. The number of ether oxygens (including phenoxy) is 1. The van der Waals surface area contributed by atoms with Crippen LogP contribution in [0.25, 0.3) is 10.2 Å². The van der Waals surface area contributed by atoms with Gasteiger partial charge in [-0.3, -0.25) is 10.2 Å². The van der Waals surface area contributed by atoms with Gasteiger partial charge < -0.3 is 10.1 Å². The topological polar surface area (TPSA) is 75.6 Å². The second-order valence-corrected chi connectivity index (χ2v) is 8.21. The highest BCUT2D eigenvalue weighted by atomic mass is 32.1. The lowest BCUT2D eigenvalue weighted by atomic mass is 10.1. The molecule has 0 aliphatic heterocycles. The maximum absolute atomic E-state index is 12.5. The molecule has 0 atom stereocenters. The minimum Gasteiger partial charge on any atom is -0.484 e. The molecule has 3 aromatic rings. The Bertz CT molecular complexity index is 1070. The first kappa shape index (κ1) is 21.8. The van der Waals surface area contributed by atoms with Crippen molar-refractivity contribution >= 4 is 44.0 Å². The van der Waals surface area contributed by atoms with E-state index >= 15 is 0 Å². The third-order valence-corrected chi connectivity index (χ3v) is 6.03. The van der Waals surface area contributed by atoms with Crippen LogP contribution in [0.3, 0.4) is 0 Å². The van der Waals surface area contributed by atoms with Gasteiger partial charge in [0.25, 0.3) is 5.91 Å². The highest BCUT2D eigenvalue weighted by Crippen LogP contribution is 2.35. The Balaban J connectivity index is 1.72. The van der Waals surface area contributed by atoms with Gasteiger partial charge in [0.15, 0.2) is 6.61 Å². The van der Waals surface area contributed by atoms with Crippen LogP contribution in [0.2, 0.25) is 0 Å². The summed E-state index contributed by atoms with van der Waals surface area (Å²) >= 11 is 1.53. The van der Waals surface area contributed by atoms with Crippen LogP contribution in [0.4, 0.5) is 10.8 Å². The molecule has 30 heavy (non-hydrogen) atoms. The van der Waals surface area contributed by atoms with E-state index in [1.54, 1.807) is 0 Å². The molecule has 0 saturated carbocycles. The predicted molar refractivity (Wildman–Crippen MR) is 126 cm³/mol. The van der Waals surface area contributed by atoms with Crippen molar-refractivity contribution in [3.8, 4) is 5.75 Å². The van der Waals surface area contributed by atoms with Gasteiger partial charge in [-0.2, -0.15) is 5.10 Å². The molecule has 3 rings (SSSR count). The van der Waals surface area contributed by atoms with Gasteiger partial charge in [-0.25, -0.2) is 4.98 Å². The molecule has 7 heteroatoms. The van der Waals surface area contributed by atoms with Crippen molar-refractivity contribution in [1.82, 2.24) is 4.98 Å². The van der Waals surface area contributed by atoms with E-state index in [0.717, 1.165) is 50.7 Å². The summed E-state index contributed by atoms with van der Waals surface area (Å²) in [5.41, 5.74) is 8.93. The summed E-state index contributed by atoms with van der Waals surface area (Å²) in [6.07, 6.45) is 1.86. The summed E-state index contributed by atoms with van der Waals surface area (Å²) in [5.74, 6) is 0.499. The standard InChI is InChI=1S/C23H28N4O2S/c1-6-15(4)26-27-23-24-19-12-14(3)21(16(5)22(19)30-23)25-20(28)13-29-18-10-8-17(7-2)9-11-18/h8-12H,6-7,13H2,1-5H3,(H,24,27)(H,25,28)/b26-15+. The molecule has 2 N–H and O–H groups in total. The molecular weight excluding hydrogens is 396 g/mol. The van der Waals surface area contributed by atoms with Gasteiger partial charge in [-0.1, -0.05) is 37.3 Å². The summed E-state index contributed by atoms with van der Waals surface area (Å²) in [6.45, 7) is 10.1. The van der Waals surface area contributed by atoms with E-state index in [4.69, 9.17) is 4.74 Å². The summed E-state index contributed by atoms with van der Waals surface area (Å²) in [4.78, 5) is 17.1. The van der Waals surface area contributed by atoms with Gasteiger partial charge in [-0.05, 0) is 68.5 Å². The molecule has 0 fully saturated rings. The SMILES string of the molecule is CC/C(C)=N/Nc1nc2cc(C)c(NC(=O)COc3ccc(CC)cc3)c(C)c2s1. The fourth-order valence-corrected chi connectivity index (χ4v) is 3.89. The molecule has 1 aromatic heterocycles. The molecule has 0 saturated heterocycles. The lowest BCUT2D eigenvalue weighted by molar-refractivity contribution is -0.118. The first-order valence-electron chi connectivity index (χ1n) is 10.1. The van der Waals surface area contributed by atoms with Crippen molar-refractivity contribution in [2.75, 3.05) is 17.3 Å². The first-order valence-corrected chi connectivity index (χ1v) is 10.9. The Morgan fingerprint density at radius 2 is 1.93 bits per heavy atom. The Morgan fingerprint density at radius 1 is 1.20 bits per heavy atom. The van der Waals surface area contributed by atoms with Crippen LogP contribution >= 0.6 is 11.3 Å². The summed E-state index contributed by atoms with van der Waals surface area (Å²) in [5, 5.41) is 8.06. The number of carbonyl (C=O) groups excluding carboxylic acids is 1. The van der Waals surface area contributed by atoms with Crippen LogP contribution in [-0.2, 0) is 11.2 Å². The van der Waals surface area contributed by atoms with E-state index in [0.29, 0.717) is 5.75 Å². The number of nitrogens with one attached hydrogen (secondary N) is 2. The van der Waals surface area contributed by atoms with Gasteiger partial charge in [0.1, 0.15) is 5.75 Å². The van der Waals surface area contributed by atoms with Crippen LogP contribution in [0.15, 0.2) is 35.4 Å². The van der Waals surface area contributed by atoms with Crippen LogP contribution in [0, 0.1) is 13.8 Å². The number of aromatic nitrogens is 1. The minimum atomic E-state index is -0.189. The predicted octanol–water partition coefficient (Wildman–Crippen LogP) is 5.69. The molecule has 0 aliphatic rings. The van der Waals surface area contributed by atoms with Gasteiger partial charge in [-0.15, -0.1) is 0 Å². The Hall–Kier alpha value is -2.93. The maximum Gasteiger partial charge on any atom is 0.262 e. The number of hydrogen-bond donors (Lipinski definition) is 2. The quantitative estimate of drug-likeness (QED) is 0.360. The van der Waals surface area contributed by atoms with E-state index in [2.05, 4.69) is 34.7 Å². The molecule has 2 aromatic carbocycles. The second kappa shape index (κ2) is 9.71. The van der Waals surface area contributed by atoms with Crippen molar-refractivity contribution in [1.29, 1.82) is 0 Å². The van der Waals surface area contributed by atoms with Crippen molar-refractivity contribution in [3.63, 3.8) is 0 Å². The van der Waals surface area contributed by atoms with E-state index in [1.165, 1.54) is 16.9 Å². The Kier molecular flexibility index (Phi) is 7.05. The Labute approximate surface area is 181 Å². The molecule has 158 valence electrons. The monoisotopic (exact) mass is 424 g/mol. The smallest absolute Gasteiger partial charge is 0.262 e. The zero-order valence-electron chi connectivity index (χ0n) is 18.1. The van der Waals surface area contributed by atoms with Crippen molar-refractivity contribution in [2.24, 2.45) is 5.10 Å². The third-order valence-electron chi connectivity index (χ3n) is 4.94. The summed E-state index contributed by atoms with van der Waals surface area (Å²) in [6, 6.07) is 9.79. The number of fused-ring (bicyclic) bond motifs is 1. The van der Waals surface area contributed by atoms with Crippen molar-refractivity contribution in [2.45, 2.75) is 47.5 Å². The van der Waals surface area contributed by atoms with E-state index in [1.807, 2.05) is 51.1 Å². The van der Waals surface area contributed by atoms with Crippen LogP contribution in [-0.4, -0.2) is 23.2 Å². The highest BCUT2D eigenvalue weighted by molar-refractivity contribution is 7.22. The summed E-state index contributed by atoms with van der Waals surface area (Å²) < 4.78 is 6.66. The fraction of sp³-hybridized carbons (Fsp3) is 0.348. The lowest BCUT2D eigenvalue weighted by Gasteiger charge is -2.13. The molecule has 6 nitrogen and oxygen atoms in total. The molecular formula is C23H28N4O2S. The number of nitrogens with zero attached hydrogens (tertiary/aromatic N) is 2. The highest BCUT2D eigenvalue weighted by Gasteiger charge is 2.15. The van der Waals surface area contributed by atoms with Gasteiger partial charge in [0.2, 0.25) is 5.13 Å². The molecule has 0 spiro atoms. The number of benzene rings is 2. The zero-order chi connectivity index (χ0) is 21.7. The molecule has 1 amide bonds. The van der Waals surface area contributed by atoms with E-state index in [-0.39, 0.29) is 12.5 Å². The van der Waals surface area contributed by atoms with Gasteiger partial charge >= 0.3 is 0 Å². The second-order valence-electron chi connectivity index (χ2n) is 7.21. The van der Waals surface area contributed by atoms with Gasteiger partial charge in [0, 0.05) is 11.4 Å². The van der Waals surface area contributed by atoms with Crippen molar-refractivity contribution < 1.29 is 9.53 Å². The molecule has 0 aliphatic carbocycles. The minimum absolute atomic E-state index is 0.0388. The molecule has 1 heterocycles. The number of aryl methyl sites for hydroxylation is 3. The van der Waals surface area contributed by atoms with Gasteiger partial charge in [0.05, 0.1) is 10.2 Å². The lowest BCUT2D eigenvalue weighted by Crippen LogP contribution is -2.21. The van der Waals surface area contributed by atoms with Crippen LogP contribution in [0.1, 0.15) is 43.9 Å². The number of hydrogen-bond acceptors (Lipinski definition) is 6. The van der Waals surface area contributed by atoms with Crippen LogP contribution < -0.4 is 15.5 Å². The van der Waals surface area contributed by atoms with Crippen molar-refractivity contribution in [3.05, 3.63) is 47.0 Å². The molecule has 0 radical (unpaired) electrons. The van der Waals surface area contributed by atoms with E-state index < -0.39 is 0 Å². The zero-order valence-corrected chi connectivity index (χ0v) is 18.9. The number of thiazole rings is 1. The number of carbonyl (C=O) groups is 1. The fourth-order valence-electron chi connectivity index (χ4n) is 2.99. The van der Waals surface area contributed by atoms with E-state index in [9.17, 15) is 4.79 Å². The average Bonchev–Trinajstić information content (AvgIpc) is 3.16. The van der Waals surface area contributed by atoms with Crippen LogP contribution in [0.5, 0.6) is 5.75 Å². The number of anilines is 2. The third kappa shape index (κ3) is 5.16.